The largest absolute Gasteiger partial charge is 0.380 e. The van der Waals surface area contributed by atoms with E-state index in [0.717, 1.165) is 6.54 Å². The predicted molar refractivity (Wildman–Crippen MR) is 75.4 cm³/mol. The molecule has 100 valence electrons. The van der Waals surface area contributed by atoms with Crippen LogP contribution in [0.3, 0.4) is 0 Å². The minimum absolute atomic E-state index is 0.523. The van der Waals surface area contributed by atoms with Crippen LogP contribution in [0.25, 0.3) is 0 Å². The second-order valence-electron chi connectivity index (χ2n) is 6.24. The molecule has 2 heteroatoms. The first-order valence-electron chi connectivity index (χ1n) is 6.89. The molecule has 0 amide bonds. The molecular weight excluding hydrogens is 222 g/mol. The van der Waals surface area contributed by atoms with Crippen molar-refractivity contribution in [1.29, 1.82) is 0 Å². The maximum absolute atomic E-state index is 5.17. The number of rotatable bonds is 5. The standard InChI is InChI=1S/C16H25NO/c1-16(2)8-7-15(10-16)17-11-13-5-4-6-14(9-13)12-18-3/h4-6,9,15,17H,7-8,10-12H2,1-3H3. The van der Waals surface area contributed by atoms with Gasteiger partial charge in [0, 0.05) is 19.7 Å². The summed E-state index contributed by atoms with van der Waals surface area (Å²) in [6, 6.07) is 9.34. The number of methoxy groups -OCH3 is 1. The minimum Gasteiger partial charge on any atom is -0.380 e. The van der Waals surface area contributed by atoms with Crippen LogP contribution in [0.2, 0.25) is 0 Å². The van der Waals surface area contributed by atoms with E-state index in [9.17, 15) is 0 Å². The minimum atomic E-state index is 0.523. The summed E-state index contributed by atoms with van der Waals surface area (Å²) < 4.78 is 5.17. The fraction of sp³-hybridized carbons (Fsp3) is 0.625. The van der Waals surface area contributed by atoms with Crippen LogP contribution < -0.4 is 5.32 Å². The van der Waals surface area contributed by atoms with Gasteiger partial charge in [-0.1, -0.05) is 38.1 Å². The zero-order chi connectivity index (χ0) is 13.0. The Kier molecular flexibility index (Phi) is 4.41. The predicted octanol–water partition coefficient (Wildman–Crippen LogP) is 3.50. The Morgan fingerprint density at radius 3 is 2.78 bits per heavy atom. The van der Waals surface area contributed by atoms with E-state index in [2.05, 4.69) is 43.4 Å². The van der Waals surface area contributed by atoms with Gasteiger partial charge in [-0.2, -0.15) is 0 Å². The molecule has 0 radical (unpaired) electrons. The summed E-state index contributed by atoms with van der Waals surface area (Å²) in [5, 5.41) is 3.68. The van der Waals surface area contributed by atoms with Gasteiger partial charge in [0.05, 0.1) is 6.61 Å². The summed E-state index contributed by atoms with van der Waals surface area (Å²) in [4.78, 5) is 0. The maximum Gasteiger partial charge on any atom is 0.0713 e. The summed E-state index contributed by atoms with van der Waals surface area (Å²) in [5.74, 6) is 0. The summed E-state index contributed by atoms with van der Waals surface area (Å²) in [5.41, 5.74) is 3.13. The molecule has 1 aliphatic carbocycles. The lowest BCUT2D eigenvalue weighted by atomic mass is 9.92. The van der Waals surface area contributed by atoms with Crippen LogP contribution in [0.5, 0.6) is 0 Å². The first kappa shape index (κ1) is 13.6. The molecule has 1 N–H and O–H groups in total. The molecule has 0 heterocycles. The van der Waals surface area contributed by atoms with Gasteiger partial charge >= 0.3 is 0 Å². The van der Waals surface area contributed by atoms with Crippen LogP contribution >= 0.6 is 0 Å². The van der Waals surface area contributed by atoms with E-state index in [4.69, 9.17) is 4.74 Å². The van der Waals surface area contributed by atoms with Crippen molar-refractivity contribution in [3.63, 3.8) is 0 Å². The van der Waals surface area contributed by atoms with Gasteiger partial charge in [-0.15, -0.1) is 0 Å². The second-order valence-corrected chi connectivity index (χ2v) is 6.24. The number of benzene rings is 1. The fourth-order valence-electron chi connectivity index (χ4n) is 2.87. The lowest BCUT2D eigenvalue weighted by Crippen LogP contribution is -2.26. The van der Waals surface area contributed by atoms with Crippen molar-refractivity contribution < 1.29 is 4.74 Å². The van der Waals surface area contributed by atoms with Crippen LogP contribution in [-0.4, -0.2) is 13.2 Å². The quantitative estimate of drug-likeness (QED) is 0.860. The zero-order valence-electron chi connectivity index (χ0n) is 11.8. The third-order valence-corrected chi connectivity index (χ3v) is 3.87. The maximum atomic E-state index is 5.17. The van der Waals surface area contributed by atoms with Crippen molar-refractivity contribution in [2.24, 2.45) is 5.41 Å². The van der Waals surface area contributed by atoms with Gasteiger partial charge in [-0.25, -0.2) is 0 Å². The molecule has 0 spiro atoms. The van der Waals surface area contributed by atoms with Gasteiger partial charge in [0.15, 0.2) is 0 Å². The van der Waals surface area contributed by atoms with Crippen LogP contribution in [0.1, 0.15) is 44.2 Å². The summed E-state index contributed by atoms with van der Waals surface area (Å²) in [6.45, 7) is 6.41. The average Bonchev–Trinajstić information content (AvgIpc) is 2.68. The number of hydrogen-bond donors (Lipinski definition) is 1. The van der Waals surface area contributed by atoms with E-state index >= 15 is 0 Å². The van der Waals surface area contributed by atoms with Gasteiger partial charge in [0.1, 0.15) is 0 Å². The van der Waals surface area contributed by atoms with Gasteiger partial charge in [0.2, 0.25) is 0 Å². The molecular formula is C16H25NO. The molecule has 0 aromatic heterocycles. The van der Waals surface area contributed by atoms with Crippen LogP contribution in [0.4, 0.5) is 0 Å². The molecule has 18 heavy (non-hydrogen) atoms. The van der Waals surface area contributed by atoms with Gasteiger partial charge in [0.25, 0.3) is 0 Å². The molecule has 2 nitrogen and oxygen atoms in total. The third kappa shape index (κ3) is 3.82. The average molecular weight is 247 g/mol. The van der Waals surface area contributed by atoms with Crippen LogP contribution in [0, 0.1) is 5.41 Å². The van der Waals surface area contributed by atoms with E-state index in [0.29, 0.717) is 18.1 Å². The number of nitrogens with one attached hydrogen (secondary N) is 1. The lowest BCUT2D eigenvalue weighted by Gasteiger charge is -2.18. The first-order chi connectivity index (χ1) is 8.59. The van der Waals surface area contributed by atoms with Crippen molar-refractivity contribution in [1.82, 2.24) is 5.32 Å². The van der Waals surface area contributed by atoms with E-state index < -0.39 is 0 Å². The highest BCUT2D eigenvalue weighted by Crippen LogP contribution is 2.36. The Bertz CT molecular complexity index is 386. The molecule has 1 aromatic carbocycles. The molecule has 1 aromatic rings. The van der Waals surface area contributed by atoms with E-state index in [-0.39, 0.29) is 0 Å². The fourth-order valence-corrected chi connectivity index (χ4v) is 2.87. The number of hydrogen-bond acceptors (Lipinski definition) is 2. The van der Waals surface area contributed by atoms with Crippen LogP contribution in [-0.2, 0) is 17.9 Å². The normalized spacial score (nSPS) is 22.3. The Balaban J connectivity index is 1.85. The topological polar surface area (TPSA) is 21.3 Å². The molecule has 1 saturated carbocycles. The van der Waals surface area contributed by atoms with Crippen LogP contribution in [0.15, 0.2) is 24.3 Å². The molecule has 2 rings (SSSR count). The molecule has 0 aliphatic heterocycles. The summed E-state index contributed by atoms with van der Waals surface area (Å²) in [7, 11) is 1.74. The van der Waals surface area contributed by atoms with Crippen molar-refractivity contribution >= 4 is 0 Å². The van der Waals surface area contributed by atoms with Crippen molar-refractivity contribution in [3.05, 3.63) is 35.4 Å². The SMILES string of the molecule is COCc1cccc(CNC2CCC(C)(C)C2)c1. The van der Waals surface area contributed by atoms with Gasteiger partial charge < -0.3 is 10.1 Å². The highest BCUT2D eigenvalue weighted by atomic mass is 16.5. The van der Waals surface area contributed by atoms with Crippen molar-refractivity contribution in [2.75, 3.05) is 7.11 Å². The zero-order valence-corrected chi connectivity index (χ0v) is 11.8. The Morgan fingerprint density at radius 2 is 2.11 bits per heavy atom. The van der Waals surface area contributed by atoms with Crippen molar-refractivity contribution in [2.45, 2.75) is 52.3 Å². The Hall–Kier alpha value is -0.860. The molecule has 1 fully saturated rings. The molecule has 0 saturated heterocycles. The lowest BCUT2D eigenvalue weighted by molar-refractivity contribution is 0.185. The smallest absolute Gasteiger partial charge is 0.0713 e. The Labute approximate surface area is 111 Å². The van der Waals surface area contributed by atoms with E-state index in [1.54, 1.807) is 7.11 Å². The van der Waals surface area contributed by atoms with E-state index in [1.165, 1.54) is 30.4 Å². The highest BCUT2D eigenvalue weighted by Gasteiger charge is 2.30. The summed E-state index contributed by atoms with van der Waals surface area (Å²) in [6.07, 6.45) is 3.95. The van der Waals surface area contributed by atoms with Gasteiger partial charge in [-0.3, -0.25) is 0 Å². The second kappa shape index (κ2) is 5.85. The third-order valence-electron chi connectivity index (χ3n) is 3.87. The molecule has 1 aliphatic rings. The van der Waals surface area contributed by atoms with E-state index in [1.807, 2.05) is 0 Å². The van der Waals surface area contributed by atoms with Gasteiger partial charge in [-0.05, 0) is 35.8 Å². The Morgan fingerprint density at radius 1 is 1.33 bits per heavy atom. The van der Waals surface area contributed by atoms with Crippen molar-refractivity contribution in [3.8, 4) is 0 Å². The monoisotopic (exact) mass is 247 g/mol. The molecule has 1 atom stereocenters. The first-order valence-corrected chi connectivity index (χ1v) is 6.89. The highest BCUT2D eigenvalue weighted by molar-refractivity contribution is 5.23. The molecule has 1 unspecified atom stereocenters. The summed E-state index contributed by atoms with van der Waals surface area (Å²) >= 11 is 0. The molecule has 0 bridgehead atoms. The number of ether oxygens (including phenoxy) is 1.